The number of methoxy groups -OCH3 is 1. The van der Waals surface area contributed by atoms with E-state index < -0.39 is 4.92 Å². The van der Waals surface area contributed by atoms with Crippen molar-refractivity contribution >= 4 is 39.3 Å². The number of H-pyrrole nitrogens is 1. The number of nitro groups is 1. The zero-order valence-corrected chi connectivity index (χ0v) is 13.0. The zero-order valence-electron chi connectivity index (χ0n) is 10.8. The Bertz CT molecular complexity index is 847. The molecule has 0 saturated carbocycles. The SMILES string of the molecule is COc1nccc(I)c1-c1nc2c([N+](=O)[O-])cccc2[nH]1. The molecule has 0 aliphatic rings. The number of hydrogen-bond donors (Lipinski definition) is 1. The van der Waals surface area contributed by atoms with Crippen LogP contribution in [-0.4, -0.2) is 27.0 Å². The lowest BCUT2D eigenvalue weighted by atomic mass is 10.2. The lowest BCUT2D eigenvalue weighted by molar-refractivity contribution is -0.383. The Labute approximate surface area is 132 Å². The molecule has 0 bridgehead atoms. The lowest BCUT2D eigenvalue weighted by Gasteiger charge is -2.06. The lowest BCUT2D eigenvalue weighted by Crippen LogP contribution is -1.95. The number of hydrogen-bond acceptors (Lipinski definition) is 5. The highest BCUT2D eigenvalue weighted by Gasteiger charge is 2.19. The maximum atomic E-state index is 11.1. The monoisotopic (exact) mass is 396 g/mol. The number of halogens is 1. The Morgan fingerprint density at radius 3 is 2.90 bits per heavy atom. The van der Waals surface area contributed by atoms with Crippen LogP contribution >= 0.6 is 22.6 Å². The van der Waals surface area contributed by atoms with Gasteiger partial charge in [-0.3, -0.25) is 10.1 Å². The van der Waals surface area contributed by atoms with Crippen LogP contribution in [0.3, 0.4) is 0 Å². The number of nitrogens with one attached hydrogen (secondary N) is 1. The maximum Gasteiger partial charge on any atom is 0.297 e. The number of aromatic amines is 1. The fourth-order valence-corrected chi connectivity index (χ4v) is 2.72. The summed E-state index contributed by atoms with van der Waals surface area (Å²) in [7, 11) is 1.52. The van der Waals surface area contributed by atoms with Gasteiger partial charge in [0.2, 0.25) is 5.88 Å². The molecule has 0 radical (unpaired) electrons. The second-order valence-corrected chi connectivity index (χ2v) is 5.36. The minimum absolute atomic E-state index is 0.0344. The number of non-ortho nitro benzene ring substituents is 1. The van der Waals surface area contributed by atoms with E-state index in [0.717, 1.165) is 3.57 Å². The van der Waals surface area contributed by atoms with Crippen LogP contribution in [0.25, 0.3) is 22.4 Å². The van der Waals surface area contributed by atoms with E-state index in [9.17, 15) is 10.1 Å². The molecule has 8 heteroatoms. The summed E-state index contributed by atoms with van der Waals surface area (Å²) in [6, 6.07) is 6.61. The Morgan fingerprint density at radius 1 is 1.38 bits per heavy atom. The van der Waals surface area contributed by atoms with Gasteiger partial charge in [-0.25, -0.2) is 9.97 Å². The average Bonchev–Trinajstić information content (AvgIpc) is 2.89. The molecule has 21 heavy (non-hydrogen) atoms. The Morgan fingerprint density at radius 2 is 2.19 bits per heavy atom. The standard InChI is InChI=1S/C13H9IN4O3/c1-21-13-10(7(14)5-6-15-13)12-16-8-3-2-4-9(18(19)20)11(8)17-12/h2-6H,1H3,(H,16,17). The van der Waals surface area contributed by atoms with Gasteiger partial charge in [0.05, 0.1) is 23.1 Å². The normalized spacial score (nSPS) is 10.8. The van der Waals surface area contributed by atoms with E-state index in [1.807, 2.05) is 6.07 Å². The molecule has 0 aliphatic heterocycles. The van der Waals surface area contributed by atoms with Crippen molar-refractivity contribution in [2.45, 2.75) is 0 Å². The smallest absolute Gasteiger partial charge is 0.297 e. The highest BCUT2D eigenvalue weighted by molar-refractivity contribution is 14.1. The van der Waals surface area contributed by atoms with Gasteiger partial charge in [-0.05, 0) is 34.7 Å². The number of fused-ring (bicyclic) bond motifs is 1. The summed E-state index contributed by atoms with van der Waals surface area (Å²) in [5.41, 5.74) is 1.57. The van der Waals surface area contributed by atoms with Crippen molar-refractivity contribution in [1.29, 1.82) is 0 Å². The third-order valence-corrected chi connectivity index (χ3v) is 3.88. The Kier molecular flexibility index (Phi) is 3.45. The summed E-state index contributed by atoms with van der Waals surface area (Å²) in [6.45, 7) is 0. The van der Waals surface area contributed by atoms with Crippen molar-refractivity contribution in [3.63, 3.8) is 0 Å². The van der Waals surface area contributed by atoms with Crippen LogP contribution in [0.2, 0.25) is 0 Å². The molecule has 0 saturated heterocycles. The molecule has 106 valence electrons. The first-order valence-electron chi connectivity index (χ1n) is 5.94. The van der Waals surface area contributed by atoms with E-state index in [1.165, 1.54) is 13.2 Å². The van der Waals surface area contributed by atoms with E-state index >= 15 is 0 Å². The van der Waals surface area contributed by atoms with E-state index in [-0.39, 0.29) is 5.69 Å². The van der Waals surface area contributed by atoms with Crippen LogP contribution in [0, 0.1) is 13.7 Å². The summed E-state index contributed by atoms with van der Waals surface area (Å²) in [5, 5.41) is 11.1. The number of rotatable bonds is 3. The highest BCUT2D eigenvalue weighted by atomic mass is 127. The molecule has 1 N–H and O–H groups in total. The summed E-state index contributed by atoms with van der Waals surface area (Å²) < 4.78 is 6.13. The van der Waals surface area contributed by atoms with E-state index in [4.69, 9.17) is 4.74 Å². The minimum atomic E-state index is -0.446. The van der Waals surface area contributed by atoms with Gasteiger partial charge in [-0.15, -0.1) is 0 Å². The Balaban J connectivity index is 2.28. The van der Waals surface area contributed by atoms with Gasteiger partial charge in [0.25, 0.3) is 5.69 Å². The van der Waals surface area contributed by atoms with Crippen molar-refractivity contribution < 1.29 is 9.66 Å². The first-order chi connectivity index (χ1) is 10.1. The van der Waals surface area contributed by atoms with Crippen molar-refractivity contribution in [1.82, 2.24) is 15.0 Å². The molecule has 7 nitrogen and oxygen atoms in total. The van der Waals surface area contributed by atoms with Crippen molar-refractivity contribution in [3.05, 3.63) is 44.1 Å². The van der Waals surface area contributed by atoms with E-state index in [0.29, 0.717) is 28.3 Å². The van der Waals surface area contributed by atoms with Crippen molar-refractivity contribution in [2.75, 3.05) is 7.11 Å². The zero-order chi connectivity index (χ0) is 15.0. The fraction of sp³-hybridized carbons (Fsp3) is 0.0769. The predicted molar refractivity (Wildman–Crippen MR) is 85.2 cm³/mol. The third kappa shape index (κ3) is 2.31. The number of para-hydroxylation sites is 1. The highest BCUT2D eigenvalue weighted by Crippen LogP contribution is 2.33. The van der Waals surface area contributed by atoms with E-state index in [1.54, 1.807) is 18.3 Å². The summed E-state index contributed by atoms with van der Waals surface area (Å²) >= 11 is 2.15. The fourth-order valence-electron chi connectivity index (χ4n) is 2.07. The number of aromatic nitrogens is 3. The van der Waals surface area contributed by atoms with Crippen LogP contribution in [0.5, 0.6) is 5.88 Å². The number of nitrogens with zero attached hydrogens (tertiary/aromatic N) is 3. The molecule has 0 spiro atoms. The molecular formula is C13H9IN4O3. The van der Waals surface area contributed by atoms with Gasteiger partial charge < -0.3 is 9.72 Å². The van der Waals surface area contributed by atoms with Crippen LogP contribution < -0.4 is 4.74 Å². The number of benzene rings is 1. The van der Waals surface area contributed by atoms with Crippen LogP contribution in [0.4, 0.5) is 5.69 Å². The molecule has 0 fully saturated rings. The second kappa shape index (κ2) is 5.28. The number of nitro benzene ring substituents is 1. The van der Waals surface area contributed by atoms with Crippen LogP contribution in [0.1, 0.15) is 0 Å². The minimum Gasteiger partial charge on any atom is -0.480 e. The molecular weight excluding hydrogens is 387 g/mol. The van der Waals surface area contributed by atoms with Gasteiger partial charge in [0, 0.05) is 15.8 Å². The van der Waals surface area contributed by atoms with Gasteiger partial charge >= 0.3 is 0 Å². The molecule has 0 atom stereocenters. The molecule has 0 unspecified atom stereocenters. The summed E-state index contributed by atoms with van der Waals surface area (Å²) in [5.74, 6) is 0.914. The Hall–Kier alpha value is -2.23. The largest absolute Gasteiger partial charge is 0.480 e. The maximum absolute atomic E-state index is 11.1. The molecule has 0 aliphatic carbocycles. The number of imidazole rings is 1. The van der Waals surface area contributed by atoms with Gasteiger partial charge in [-0.1, -0.05) is 6.07 Å². The molecule has 3 rings (SSSR count). The van der Waals surface area contributed by atoms with Crippen LogP contribution in [-0.2, 0) is 0 Å². The van der Waals surface area contributed by atoms with Gasteiger partial charge in [0.1, 0.15) is 5.82 Å². The predicted octanol–water partition coefficient (Wildman–Crippen LogP) is 3.15. The summed E-state index contributed by atoms with van der Waals surface area (Å²) in [6.07, 6.45) is 1.63. The van der Waals surface area contributed by atoms with Crippen molar-refractivity contribution in [2.24, 2.45) is 0 Å². The molecule has 3 aromatic rings. The molecule has 2 heterocycles. The molecule has 2 aromatic heterocycles. The first-order valence-corrected chi connectivity index (χ1v) is 7.01. The topological polar surface area (TPSA) is 93.9 Å². The average molecular weight is 396 g/mol. The van der Waals surface area contributed by atoms with Gasteiger partial charge in [0.15, 0.2) is 5.52 Å². The second-order valence-electron chi connectivity index (χ2n) is 4.19. The van der Waals surface area contributed by atoms with E-state index in [2.05, 4.69) is 37.5 Å². The van der Waals surface area contributed by atoms with Crippen LogP contribution in [0.15, 0.2) is 30.5 Å². The van der Waals surface area contributed by atoms with Crippen molar-refractivity contribution in [3.8, 4) is 17.3 Å². The quantitative estimate of drug-likeness (QED) is 0.417. The molecule has 0 amide bonds. The first kappa shape index (κ1) is 13.7. The summed E-state index contributed by atoms with van der Waals surface area (Å²) in [4.78, 5) is 22.2. The number of pyridine rings is 1. The third-order valence-electron chi connectivity index (χ3n) is 2.98. The van der Waals surface area contributed by atoms with Gasteiger partial charge in [-0.2, -0.15) is 0 Å². The number of ether oxygens (including phenoxy) is 1. The molecule has 1 aromatic carbocycles.